The lowest BCUT2D eigenvalue weighted by molar-refractivity contribution is -0.137. The van der Waals surface area contributed by atoms with E-state index >= 15 is 0 Å². The molecule has 1 amide bonds. The molecule has 1 heterocycles. The highest BCUT2D eigenvalue weighted by Gasteiger charge is 2.42. The van der Waals surface area contributed by atoms with Crippen molar-refractivity contribution in [2.45, 2.75) is 89.1 Å². The molecule has 3 heteroatoms. The van der Waals surface area contributed by atoms with Crippen molar-refractivity contribution in [2.24, 2.45) is 11.8 Å². The Morgan fingerprint density at radius 1 is 0.826 bits per heavy atom. The number of carbonyl (C=O) groups is 1. The summed E-state index contributed by atoms with van der Waals surface area (Å²) in [4.78, 5) is 17.3. The quantitative estimate of drug-likeness (QED) is 0.769. The highest BCUT2D eigenvalue weighted by Crippen LogP contribution is 2.43. The van der Waals surface area contributed by atoms with Crippen LogP contribution in [-0.4, -0.2) is 47.4 Å². The highest BCUT2D eigenvalue weighted by atomic mass is 16.2. The van der Waals surface area contributed by atoms with Crippen LogP contribution < -0.4 is 0 Å². The van der Waals surface area contributed by atoms with Crippen molar-refractivity contribution in [3.05, 3.63) is 0 Å². The van der Waals surface area contributed by atoms with Crippen molar-refractivity contribution in [1.82, 2.24) is 9.80 Å². The molecule has 0 radical (unpaired) electrons. The second-order valence-electron chi connectivity index (χ2n) is 8.55. The number of carbonyl (C=O) groups excluding carboxylic acids is 1. The summed E-state index contributed by atoms with van der Waals surface area (Å²) in [6.07, 6.45) is 16.7. The van der Waals surface area contributed by atoms with Gasteiger partial charge in [0.05, 0.1) is 6.54 Å². The molecule has 1 saturated heterocycles. The monoisotopic (exact) mass is 318 g/mol. The van der Waals surface area contributed by atoms with E-state index in [0.29, 0.717) is 11.9 Å². The molecular formula is C20H34N2O. The van der Waals surface area contributed by atoms with E-state index in [0.717, 1.165) is 37.5 Å². The van der Waals surface area contributed by atoms with Gasteiger partial charge in [-0.25, -0.2) is 0 Å². The average Bonchev–Trinajstić information content (AvgIpc) is 3.37. The van der Waals surface area contributed by atoms with Gasteiger partial charge in [0.15, 0.2) is 0 Å². The number of amides is 1. The van der Waals surface area contributed by atoms with Crippen LogP contribution in [0.3, 0.4) is 0 Å². The van der Waals surface area contributed by atoms with Crippen molar-refractivity contribution < 1.29 is 4.79 Å². The molecule has 4 rings (SSSR count). The second-order valence-corrected chi connectivity index (χ2v) is 8.55. The largest absolute Gasteiger partial charge is 0.341 e. The fraction of sp³-hybridized carbons (Fsp3) is 0.950. The van der Waals surface area contributed by atoms with Gasteiger partial charge in [-0.2, -0.15) is 0 Å². The molecule has 0 aromatic heterocycles. The molecule has 0 bridgehead atoms. The standard InChI is InChI=1S/C20H34N2O/c23-20(21-13-6-14-21)15-22(17-11-12-17)19-10-5-4-9-18(19)16-7-2-1-3-8-16/h16-19H,1-15H2/t18-,19-/m1/s1. The van der Waals surface area contributed by atoms with Crippen molar-refractivity contribution in [3.63, 3.8) is 0 Å². The Morgan fingerprint density at radius 2 is 1.52 bits per heavy atom. The zero-order chi connectivity index (χ0) is 15.6. The van der Waals surface area contributed by atoms with E-state index in [1.54, 1.807) is 0 Å². The van der Waals surface area contributed by atoms with Crippen LogP contribution in [0.2, 0.25) is 0 Å². The maximum Gasteiger partial charge on any atom is 0.236 e. The lowest BCUT2D eigenvalue weighted by atomic mass is 9.70. The predicted molar refractivity (Wildman–Crippen MR) is 93.2 cm³/mol. The van der Waals surface area contributed by atoms with Gasteiger partial charge in [-0.05, 0) is 43.9 Å². The van der Waals surface area contributed by atoms with Crippen LogP contribution in [0.4, 0.5) is 0 Å². The third-order valence-electron chi connectivity index (χ3n) is 7.01. The van der Waals surface area contributed by atoms with Gasteiger partial charge in [0, 0.05) is 25.2 Å². The molecule has 4 fully saturated rings. The first kappa shape index (κ1) is 15.9. The molecular weight excluding hydrogens is 284 g/mol. The van der Waals surface area contributed by atoms with Crippen LogP contribution in [0.25, 0.3) is 0 Å². The summed E-state index contributed by atoms with van der Waals surface area (Å²) in [5.74, 6) is 2.25. The van der Waals surface area contributed by atoms with Gasteiger partial charge in [-0.3, -0.25) is 9.69 Å². The molecule has 0 spiro atoms. The Hall–Kier alpha value is -0.570. The molecule has 3 aliphatic carbocycles. The maximum atomic E-state index is 12.6. The molecule has 2 atom stereocenters. The Bertz CT molecular complexity index is 410. The van der Waals surface area contributed by atoms with Gasteiger partial charge < -0.3 is 4.90 Å². The lowest BCUT2D eigenvalue weighted by Gasteiger charge is -2.45. The van der Waals surface area contributed by atoms with E-state index in [4.69, 9.17) is 0 Å². The van der Waals surface area contributed by atoms with E-state index in [2.05, 4.69) is 9.80 Å². The van der Waals surface area contributed by atoms with Crippen LogP contribution >= 0.6 is 0 Å². The topological polar surface area (TPSA) is 23.6 Å². The molecule has 4 aliphatic rings. The minimum Gasteiger partial charge on any atom is -0.341 e. The summed E-state index contributed by atoms with van der Waals surface area (Å²) in [5, 5.41) is 0. The molecule has 0 unspecified atom stereocenters. The summed E-state index contributed by atoms with van der Waals surface area (Å²) in [6.45, 7) is 2.74. The molecule has 3 nitrogen and oxygen atoms in total. The molecule has 3 saturated carbocycles. The normalized spacial score (nSPS) is 32.8. The van der Waals surface area contributed by atoms with Gasteiger partial charge in [0.1, 0.15) is 0 Å². The highest BCUT2D eigenvalue weighted by molar-refractivity contribution is 5.79. The first-order valence-electron chi connectivity index (χ1n) is 10.4. The van der Waals surface area contributed by atoms with Crippen molar-refractivity contribution in [2.75, 3.05) is 19.6 Å². The number of rotatable bonds is 5. The number of hydrogen-bond donors (Lipinski definition) is 0. The van der Waals surface area contributed by atoms with Crippen LogP contribution in [0.15, 0.2) is 0 Å². The first-order valence-corrected chi connectivity index (χ1v) is 10.4. The van der Waals surface area contributed by atoms with E-state index in [1.165, 1.54) is 77.0 Å². The van der Waals surface area contributed by atoms with E-state index in [1.807, 2.05) is 0 Å². The SMILES string of the molecule is O=C(CN(C1CC1)[C@@H]1CCCC[C@@H]1C1CCCCC1)N1CCC1. The molecule has 0 aromatic rings. The molecule has 130 valence electrons. The Labute approximate surface area is 141 Å². The summed E-state index contributed by atoms with van der Waals surface area (Å²) in [5.41, 5.74) is 0. The Morgan fingerprint density at radius 3 is 2.17 bits per heavy atom. The Kier molecular flexibility index (Phi) is 4.93. The third-order valence-corrected chi connectivity index (χ3v) is 7.01. The van der Waals surface area contributed by atoms with Crippen molar-refractivity contribution in [3.8, 4) is 0 Å². The number of nitrogens with zero attached hydrogens (tertiary/aromatic N) is 2. The lowest BCUT2D eigenvalue weighted by Crippen LogP contribution is -2.53. The third kappa shape index (κ3) is 3.60. The summed E-state index contributed by atoms with van der Waals surface area (Å²) >= 11 is 0. The van der Waals surface area contributed by atoms with Gasteiger partial charge in [-0.1, -0.05) is 44.9 Å². The second kappa shape index (κ2) is 7.13. The van der Waals surface area contributed by atoms with Crippen LogP contribution in [0.5, 0.6) is 0 Å². The minimum atomic E-state index is 0.413. The van der Waals surface area contributed by atoms with Crippen molar-refractivity contribution in [1.29, 1.82) is 0 Å². The predicted octanol–water partition coefficient (Wildman–Crippen LogP) is 3.82. The molecule has 1 aliphatic heterocycles. The Balaban J connectivity index is 1.44. The van der Waals surface area contributed by atoms with Crippen LogP contribution in [0.1, 0.15) is 77.0 Å². The summed E-state index contributed by atoms with van der Waals surface area (Å²) in [6, 6.07) is 1.44. The zero-order valence-electron chi connectivity index (χ0n) is 14.7. The minimum absolute atomic E-state index is 0.413. The van der Waals surface area contributed by atoms with Gasteiger partial charge in [0.25, 0.3) is 0 Å². The van der Waals surface area contributed by atoms with Crippen LogP contribution in [-0.2, 0) is 4.79 Å². The average molecular weight is 319 g/mol. The zero-order valence-corrected chi connectivity index (χ0v) is 14.7. The fourth-order valence-electron chi connectivity index (χ4n) is 5.41. The van der Waals surface area contributed by atoms with Crippen molar-refractivity contribution >= 4 is 5.91 Å². The molecule has 0 N–H and O–H groups in total. The molecule has 0 aromatic carbocycles. The van der Waals surface area contributed by atoms with Gasteiger partial charge in [-0.15, -0.1) is 0 Å². The smallest absolute Gasteiger partial charge is 0.236 e. The van der Waals surface area contributed by atoms with Gasteiger partial charge in [0.2, 0.25) is 5.91 Å². The number of hydrogen-bond acceptors (Lipinski definition) is 2. The summed E-state index contributed by atoms with van der Waals surface area (Å²) in [7, 11) is 0. The fourth-order valence-corrected chi connectivity index (χ4v) is 5.41. The van der Waals surface area contributed by atoms with Gasteiger partial charge >= 0.3 is 0 Å². The molecule has 23 heavy (non-hydrogen) atoms. The first-order chi connectivity index (χ1) is 11.3. The van der Waals surface area contributed by atoms with E-state index in [-0.39, 0.29) is 0 Å². The van der Waals surface area contributed by atoms with Crippen LogP contribution in [0, 0.1) is 11.8 Å². The summed E-state index contributed by atoms with van der Waals surface area (Å²) < 4.78 is 0. The van der Waals surface area contributed by atoms with E-state index < -0.39 is 0 Å². The number of likely N-dealkylation sites (tertiary alicyclic amines) is 1. The maximum absolute atomic E-state index is 12.6. The van der Waals surface area contributed by atoms with E-state index in [9.17, 15) is 4.79 Å².